The van der Waals surface area contributed by atoms with Crippen LogP contribution < -0.4 is 9.47 Å². The Balaban J connectivity index is 1.23. The Morgan fingerprint density at radius 1 is 1.04 bits per heavy atom. The molecule has 1 aromatic heterocycles. The van der Waals surface area contributed by atoms with E-state index in [4.69, 9.17) is 23.6 Å². The van der Waals surface area contributed by atoms with Crippen molar-refractivity contribution in [1.82, 2.24) is 14.8 Å². The number of morpholine rings is 1. The maximum absolute atomic E-state index is 15.8. The van der Waals surface area contributed by atoms with Crippen molar-refractivity contribution in [3.05, 3.63) is 65.5 Å². The number of fused-ring (bicyclic) bond motifs is 1. The van der Waals surface area contributed by atoms with E-state index >= 15 is 4.39 Å². The predicted molar refractivity (Wildman–Crippen MR) is 169 cm³/mol. The Morgan fingerprint density at radius 2 is 1.82 bits per heavy atom. The second-order valence-electron chi connectivity index (χ2n) is 11.7. The van der Waals surface area contributed by atoms with Gasteiger partial charge in [0, 0.05) is 48.9 Å². The normalized spacial score (nSPS) is 17.9. The molecule has 2 aliphatic rings. The van der Waals surface area contributed by atoms with Crippen LogP contribution in [0.25, 0.3) is 33.7 Å². The van der Waals surface area contributed by atoms with Gasteiger partial charge in [-0.05, 0) is 62.1 Å². The van der Waals surface area contributed by atoms with E-state index in [1.807, 2.05) is 42.2 Å². The molecule has 0 spiro atoms. The van der Waals surface area contributed by atoms with Gasteiger partial charge >= 0.3 is 5.97 Å². The standard InChI is InChI=1S/C35H40FN3O6/c1-23-25(27-10-6-12-30(33(27)36)44-17-7-13-38-15-18-43-19-16-38)8-5-9-26(23)34-37-28-20-24(31(42-2)21-32(28)45-34)22-39-14-4-3-11-29(39)35(40)41/h5-6,8-10,12,20-21,29H,3-4,7,11,13-19,22H2,1-2H3,(H,40,41). The maximum atomic E-state index is 15.8. The Hall–Kier alpha value is -3.99. The lowest BCUT2D eigenvalue weighted by atomic mass is 9.96. The van der Waals surface area contributed by atoms with Gasteiger partial charge in [0.05, 0.1) is 26.9 Å². The summed E-state index contributed by atoms with van der Waals surface area (Å²) in [7, 11) is 1.59. The topological polar surface area (TPSA) is 97.5 Å². The minimum Gasteiger partial charge on any atom is -0.496 e. The van der Waals surface area contributed by atoms with Crippen molar-refractivity contribution < 1.29 is 32.9 Å². The van der Waals surface area contributed by atoms with E-state index in [9.17, 15) is 9.90 Å². The highest BCUT2D eigenvalue weighted by Gasteiger charge is 2.29. The van der Waals surface area contributed by atoms with Crippen molar-refractivity contribution in [1.29, 1.82) is 0 Å². The summed E-state index contributed by atoms with van der Waals surface area (Å²) in [6.45, 7) is 7.75. The number of likely N-dealkylation sites (tertiary alicyclic amines) is 1. The molecule has 4 aromatic rings. The fraction of sp³-hybridized carbons (Fsp3) is 0.429. The van der Waals surface area contributed by atoms with Crippen molar-refractivity contribution in [2.24, 2.45) is 0 Å². The van der Waals surface area contributed by atoms with Crippen molar-refractivity contribution in [2.75, 3.05) is 53.1 Å². The van der Waals surface area contributed by atoms with Gasteiger partial charge in [0.15, 0.2) is 17.1 Å². The van der Waals surface area contributed by atoms with Gasteiger partial charge in [-0.2, -0.15) is 0 Å². The lowest BCUT2D eigenvalue weighted by Gasteiger charge is -2.33. The van der Waals surface area contributed by atoms with E-state index in [2.05, 4.69) is 4.90 Å². The van der Waals surface area contributed by atoms with Gasteiger partial charge in [0.1, 0.15) is 17.3 Å². The van der Waals surface area contributed by atoms with Gasteiger partial charge in [-0.15, -0.1) is 0 Å². The summed E-state index contributed by atoms with van der Waals surface area (Å²) in [6, 6.07) is 14.1. The second kappa shape index (κ2) is 14.0. The lowest BCUT2D eigenvalue weighted by Crippen LogP contribution is -2.44. The molecule has 3 aromatic carbocycles. The highest BCUT2D eigenvalue weighted by molar-refractivity contribution is 5.82. The van der Waals surface area contributed by atoms with Gasteiger partial charge in [-0.1, -0.05) is 30.7 Å². The summed E-state index contributed by atoms with van der Waals surface area (Å²) in [5.41, 5.74) is 4.83. The molecular weight excluding hydrogens is 577 g/mol. The highest BCUT2D eigenvalue weighted by Crippen LogP contribution is 2.37. The average molecular weight is 618 g/mol. The van der Waals surface area contributed by atoms with E-state index in [0.29, 0.717) is 54.4 Å². The monoisotopic (exact) mass is 617 g/mol. The van der Waals surface area contributed by atoms with Crippen LogP contribution in [0.5, 0.6) is 11.5 Å². The molecule has 6 rings (SSSR count). The number of halogens is 1. The first-order valence-electron chi connectivity index (χ1n) is 15.7. The van der Waals surface area contributed by atoms with Crippen molar-refractivity contribution >= 4 is 17.1 Å². The van der Waals surface area contributed by atoms with Crippen LogP contribution in [0, 0.1) is 12.7 Å². The van der Waals surface area contributed by atoms with E-state index in [1.54, 1.807) is 25.3 Å². The lowest BCUT2D eigenvalue weighted by molar-refractivity contribution is -0.144. The summed E-state index contributed by atoms with van der Waals surface area (Å²) < 4.78 is 38.9. The molecule has 238 valence electrons. The first-order chi connectivity index (χ1) is 21.9. The number of oxazole rings is 1. The SMILES string of the molecule is COc1cc2oc(-c3cccc(-c4cccc(OCCCN5CCOCC5)c4F)c3C)nc2cc1CN1CCCCC1C(=O)O. The first kappa shape index (κ1) is 31.0. The number of aromatic nitrogens is 1. The number of hydrogen-bond donors (Lipinski definition) is 1. The number of piperidine rings is 1. The largest absolute Gasteiger partial charge is 0.496 e. The molecule has 3 heterocycles. The molecule has 9 nitrogen and oxygen atoms in total. The third-order valence-electron chi connectivity index (χ3n) is 8.86. The zero-order valence-electron chi connectivity index (χ0n) is 25.9. The molecule has 0 amide bonds. The number of carboxylic acids is 1. The van der Waals surface area contributed by atoms with Crippen molar-refractivity contribution in [3.63, 3.8) is 0 Å². The molecule has 0 bridgehead atoms. The minimum absolute atomic E-state index is 0.236. The van der Waals surface area contributed by atoms with Gasteiger partial charge in [-0.3, -0.25) is 14.6 Å². The number of ether oxygens (including phenoxy) is 3. The molecule has 45 heavy (non-hydrogen) atoms. The summed E-state index contributed by atoms with van der Waals surface area (Å²) in [5.74, 6) is 0.0780. The zero-order valence-corrected chi connectivity index (χ0v) is 25.9. The minimum atomic E-state index is -0.800. The number of benzene rings is 3. The molecule has 2 fully saturated rings. The van der Waals surface area contributed by atoms with Gasteiger partial charge in [-0.25, -0.2) is 9.37 Å². The highest BCUT2D eigenvalue weighted by atomic mass is 19.1. The van der Waals surface area contributed by atoms with Crippen molar-refractivity contribution in [3.8, 4) is 34.1 Å². The summed E-state index contributed by atoms with van der Waals surface area (Å²) >= 11 is 0. The maximum Gasteiger partial charge on any atom is 0.320 e. The molecule has 1 atom stereocenters. The molecule has 10 heteroatoms. The fourth-order valence-corrected chi connectivity index (χ4v) is 6.39. The van der Waals surface area contributed by atoms with Crippen LogP contribution in [-0.4, -0.2) is 85.0 Å². The van der Waals surface area contributed by atoms with Gasteiger partial charge in [0.2, 0.25) is 5.89 Å². The molecule has 1 unspecified atom stereocenters. The molecule has 0 aliphatic carbocycles. The average Bonchev–Trinajstić information content (AvgIpc) is 3.47. The van der Waals surface area contributed by atoms with E-state index in [-0.39, 0.29) is 5.75 Å². The van der Waals surface area contributed by atoms with Crippen LogP contribution in [0.15, 0.2) is 52.9 Å². The summed E-state index contributed by atoms with van der Waals surface area (Å²) in [5, 5.41) is 9.74. The smallest absolute Gasteiger partial charge is 0.320 e. The van der Waals surface area contributed by atoms with E-state index < -0.39 is 17.8 Å². The Kier molecular flexibility index (Phi) is 9.63. The molecule has 0 radical (unpaired) electrons. The van der Waals surface area contributed by atoms with Gasteiger partial charge < -0.3 is 23.7 Å². The summed E-state index contributed by atoms with van der Waals surface area (Å²) in [6.07, 6.45) is 3.31. The summed E-state index contributed by atoms with van der Waals surface area (Å²) in [4.78, 5) is 21.0. The predicted octanol–water partition coefficient (Wildman–Crippen LogP) is 6.16. The van der Waals surface area contributed by atoms with Crippen molar-refractivity contribution in [2.45, 2.75) is 45.2 Å². The van der Waals surface area contributed by atoms with Gasteiger partial charge in [0.25, 0.3) is 0 Å². The second-order valence-corrected chi connectivity index (χ2v) is 11.7. The van der Waals surface area contributed by atoms with E-state index in [1.165, 1.54) is 0 Å². The van der Waals surface area contributed by atoms with Crippen LogP contribution in [0.3, 0.4) is 0 Å². The number of rotatable bonds is 11. The molecule has 2 saturated heterocycles. The van der Waals surface area contributed by atoms with E-state index in [0.717, 1.165) is 74.4 Å². The van der Waals surface area contributed by atoms with Crippen LogP contribution in [0.4, 0.5) is 4.39 Å². The third-order valence-corrected chi connectivity index (χ3v) is 8.86. The number of aliphatic carboxylic acids is 1. The third kappa shape index (κ3) is 6.83. The number of methoxy groups -OCH3 is 1. The number of hydrogen-bond acceptors (Lipinski definition) is 8. The number of nitrogens with zero attached hydrogens (tertiary/aromatic N) is 3. The van der Waals surface area contributed by atoms with Crippen LogP contribution in [0.2, 0.25) is 0 Å². The first-order valence-corrected chi connectivity index (χ1v) is 15.7. The Morgan fingerprint density at radius 3 is 2.62 bits per heavy atom. The Bertz CT molecular complexity index is 1650. The van der Waals surface area contributed by atoms with Crippen LogP contribution in [0.1, 0.15) is 36.8 Å². The number of carbonyl (C=O) groups is 1. The molecule has 2 aliphatic heterocycles. The zero-order chi connectivity index (χ0) is 31.3. The quantitative estimate of drug-likeness (QED) is 0.199. The fourth-order valence-electron chi connectivity index (χ4n) is 6.39. The number of carboxylic acid groups (broad SMARTS) is 1. The molecular formula is C35H40FN3O6. The van der Waals surface area contributed by atoms with Crippen LogP contribution >= 0.6 is 0 Å². The molecule has 1 N–H and O–H groups in total. The Labute approximate surface area is 262 Å². The molecule has 0 saturated carbocycles. The van der Waals surface area contributed by atoms with Crippen LogP contribution in [-0.2, 0) is 16.1 Å².